The van der Waals surface area contributed by atoms with E-state index in [0.29, 0.717) is 26.1 Å². The van der Waals surface area contributed by atoms with Gasteiger partial charge in [-0.15, -0.1) is 0 Å². The lowest BCUT2D eigenvalue weighted by Crippen LogP contribution is -2.57. The summed E-state index contributed by atoms with van der Waals surface area (Å²) in [6, 6.07) is 0. The van der Waals surface area contributed by atoms with Gasteiger partial charge < -0.3 is 15.2 Å². The standard InChI is InChI=1S/C12H23NO3/c1-4-11(2,3)10(15)13-12(9-14)5-7-16-8-6-12/h14H,4-9H2,1-3H3,(H,13,15). The van der Waals surface area contributed by atoms with Gasteiger partial charge in [0.2, 0.25) is 5.91 Å². The summed E-state index contributed by atoms with van der Waals surface area (Å²) in [5, 5.41) is 12.5. The van der Waals surface area contributed by atoms with Gasteiger partial charge in [-0.1, -0.05) is 20.8 Å². The van der Waals surface area contributed by atoms with E-state index in [2.05, 4.69) is 5.32 Å². The van der Waals surface area contributed by atoms with Gasteiger partial charge in [0.05, 0.1) is 12.1 Å². The predicted octanol–water partition coefficient (Wildman–Crippen LogP) is 1.08. The molecule has 1 heterocycles. The van der Waals surface area contributed by atoms with Gasteiger partial charge in [-0.25, -0.2) is 0 Å². The molecule has 0 unspecified atom stereocenters. The Morgan fingerprint density at radius 3 is 2.44 bits per heavy atom. The van der Waals surface area contributed by atoms with Gasteiger partial charge >= 0.3 is 0 Å². The number of hydrogen-bond donors (Lipinski definition) is 2. The number of carbonyl (C=O) groups excluding carboxylic acids is 1. The van der Waals surface area contributed by atoms with Crippen LogP contribution in [-0.4, -0.2) is 36.4 Å². The summed E-state index contributed by atoms with van der Waals surface area (Å²) in [4.78, 5) is 12.1. The van der Waals surface area contributed by atoms with Crippen molar-refractivity contribution in [3.8, 4) is 0 Å². The van der Waals surface area contributed by atoms with Crippen molar-refractivity contribution in [1.29, 1.82) is 0 Å². The molecule has 0 aromatic heterocycles. The largest absolute Gasteiger partial charge is 0.394 e. The summed E-state index contributed by atoms with van der Waals surface area (Å²) in [5.74, 6) is 0.0194. The zero-order valence-electron chi connectivity index (χ0n) is 10.5. The maximum absolute atomic E-state index is 12.1. The van der Waals surface area contributed by atoms with E-state index in [-0.39, 0.29) is 17.9 Å². The highest BCUT2D eigenvalue weighted by atomic mass is 16.5. The molecule has 0 aliphatic carbocycles. The lowest BCUT2D eigenvalue weighted by atomic mass is 9.85. The second-order valence-electron chi connectivity index (χ2n) is 5.24. The van der Waals surface area contributed by atoms with Crippen LogP contribution in [0.2, 0.25) is 0 Å². The van der Waals surface area contributed by atoms with Gasteiger partial charge in [0.25, 0.3) is 0 Å². The van der Waals surface area contributed by atoms with E-state index in [1.807, 2.05) is 20.8 Å². The van der Waals surface area contributed by atoms with Crippen LogP contribution >= 0.6 is 0 Å². The van der Waals surface area contributed by atoms with E-state index >= 15 is 0 Å². The number of nitrogens with one attached hydrogen (secondary N) is 1. The van der Waals surface area contributed by atoms with Crippen LogP contribution in [0.1, 0.15) is 40.0 Å². The normalized spacial score (nSPS) is 20.5. The lowest BCUT2D eigenvalue weighted by molar-refractivity contribution is -0.133. The minimum atomic E-state index is -0.470. The molecule has 4 heteroatoms. The van der Waals surface area contributed by atoms with E-state index in [1.54, 1.807) is 0 Å². The third kappa shape index (κ3) is 2.95. The molecule has 0 radical (unpaired) electrons. The molecule has 0 aromatic rings. The van der Waals surface area contributed by atoms with Crippen molar-refractivity contribution in [2.24, 2.45) is 5.41 Å². The van der Waals surface area contributed by atoms with Crippen LogP contribution in [0.5, 0.6) is 0 Å². The van der Waals surface area contributed by atoms with Crippen LogP contribution in [0.3, 0.4) is 0 Å². The van der Waals surface area contributed by atoms with Crippen molar-refractivity contribution in [1.82, 2.24) is 5.32 Å². The van der Waals surface area contributed by atoms with Gasteiger partial charge in [-0.2, -0.15) is 0 Å². The van der Waals surface area contributed by atoms with Crippen LogP contribution < -0.4 is 5.32 Å². The quantitative estimate of drug-likeness (QED) is 0.758. The molecule has 0 atom stereocenters. The Morgan fingerprint density at radius 2 is 2.00 bits per heavy atom. The van der Waals surface area contributed by atoms with Gasteiger partial charge in [0.1, 0.15) is 0 Å². The summed E-state index contributed by atoms with van der Waals surface area (Å²) < 4.78 is 5.26. The molecule has 4 nitrogen and oxygen atoms in total. The maximum atomic E-state index is 12.1. The first-order valence-electron chi connectivity index (χ1n) is 5.97. The predicted molar refractivity (Wildman–Crippen MR) is 62.1 cm³/mol. The Kier molecular flexibility index (Phi) is 4.33. The molecule has 1 rings (SSSR count). The monoisotopic (exact) mass is 229 g/mol. The van der Waals surface area contributed by atoms with Crippen molar-refractivity contribution in [3.63, 3.8) is 0 Å². The highest BCUT2D eigenvalue weighted by Gasteiger charge is 2.37. The third-order valence-corrected chi connectivity index (χ3v) is 3.63. The summed E-state index contributed by atoms with van der Waals surface area (Å²) in [5.41, 5.74) is -0.845. The maximum Gasteiger partial charge on any atom is 0.226 e. The molecule has 16 heavy (non-hydrogen) atoms. The van der Waals surface area contributed by atoms with Gasteiger partial charge in [0, 0.05) is 18.6 Å². The second kappa shape index (κ2) is 5.15. The highest BCUT2D eigenvalue weighted by Crippen LogP contribution is 2.25. The fourth-order valence-electron chi connectivity index (χ4n) is 1.66. The minimum absolute atomic E-state index is 0.0120. The van der Waals surface area contributed by atoms with Crippen LogP contribution in [0.25, 0.3) is 0 Å². The molecule has 1 aliphatic heterocycles. The fraction of sp³-hybridized carbons (Fsp3) is 0.917. The molecule has 1 saturated heterocycles. The summed E-state index contributed by atoms with van der Waals surface area (Å²) in [6.07, 6.45) is 2.17. The molecule has 0 aromatic carbocycles. The lowest BCUT2D eigenvalue weighted by Gasteiger charge is -2.38. The summed E-state index contributed by atoms with van der Waals surface area (Å²) in [6.45, 7) is 7.04. The Labute approximate surface area is 97.4 Å². The first kappa shape index (κ1) is 13.5. The van der Waals surface area contributed by atoms with E-state index in [1.165, 1.54) is 0 Å². The Hall–Kier alpha value is -0.610. The van der Waals surface area contributed by atoms with Crippen LogP contribution in [0.15, 0.2) is 0 Å². The molecule has 2 N–H and O–H groups in total. The van der Waals surface area contributed by atoms with Crippen molar-refractivity contribution >= 4 is 5.91 Å². The van der Waals surface area contributed by atoms with E-state index in [4.69, 9.17) is 4.74 Å². The van der Waals surface area contributed by atoms with Crippen molar-refractivity contribution in [2.45, 2.75) is 45.6 Å². The topological polar surface area (TPSA) is 58.6 Å². The summed E-state index contributed by atoms with van der Waals surface area (Å²) >= 11 is 0. The number of rotatable bonds is 4. The Bertz CT molecular complexity index is 245. The molecular weight excluding hydrogens is 206 g/mol. The minimum Gasteiger partial charge on any atom is -0.394 e. The van der Waals surface area contributed by atoms with Crippen molar-refractivity contribution in [3.05, 3.63) is 0 Å². The van der Waals surface area contributed by atoms with Crippen molar-refractivity contribution < 1.29 is 14.6 Å². The van der Waals surface area contributed by atoms with E-state index < -0.39 is 5.54 Å². The molecule has 0 bridgehead atoms. The highest BCUT2D eigenvalue weighted by molar-refractivity contribution is 5.82. The number of carbonyl (C=O) groups is 1. The van der Waals surface area contributed by atoms with Gasteiger partial charge in [-0.05, 0) is 19.3 Å². The second-order valence-corrected chi connectivity index (χ2v) is 5.24. The zero-order valence-corrected chi connectivity index (χ0v) is 10.5. The number of amides is 1. The van der Waals surface area contributed by atoms with Crippen molar-refractivity contribution in [2.75, 3.05) is 19.8 Å². The molecule has 1 aliphatic rings. The van der Waals surface area contributed by atoms with E-state index in [0.717, 1.165) is 6.42 Å². The Balaban J connectivity index is 2.66. The van der Waals surface area contributed by atoms with Gasteiger partial charge in [-0.3, -0.25) is 4.79 Å². The number of aliphatic hydroxyl groups is 1. The zero-order chi connectivity index (χ0) is 12.2. The molecule has 0 saturated carbocycles. The molecule has 1 amide bonds. The summed E-state index contributed by atoms with van der Waals surface area (Å²) in [7, 11) is 0. The number of hydrogen-bond acceptors (Lipinski definition) is 3. The van der Waals surface area contributed by atoms with Crippen LogP contribution in [0.4, 0.5) is 0 Å². The number of aliphatic hydroxyl groups excluding tert-OH is 1. The average molecular weight is 229 g/mol. The smallest absolute Gasteiger partial charge is 0.226 e. The molecule has 94 valence electrons. The van der Waals surface area contributed by atoms with E-state index in [9.17, 15) is 9.90 Å². The molecule has 1 fully saturated rings. The Morgan fingerprint density at radius 1 is 1.44 bits per heavy atom. The molecule has 0 spiro atoms. The SMILES string of the molecule is CCC(C)(C)C(=O)NC1(CO)CCOCC1. The first-order chi connectivity index (χ1) is 7.46. The van der Waals surface area contributed by atoms with Crippen LogP contribution in [-0.2, 0) is 9.53 Å². The van der Waals surface area contributed by atoms with Crippen LogP contribution in [0, 0.1) is 5.41 Å². The fourth-order valence-corrected chi connectivity index (χ4v) is 1.66. The first-order valence-corrected chi connectivity index (χ1v) is 5.97. The number of ether oxygens (including phenoxy) is 1. The molecular formula is C12H23NO3. The average Bonchev–Trinajstić information content (AvgIpc) is 2.30. The third-order valence-electron chi connectivity index (χ3n) is 3.63. The van der Waals surface area contributed by atoms with Gasteiger partial charge in [0.15, 0.2) is 0 Å².